The quantitative estimate of drug-likeness (QED) is 0.564. The maximum Gasteiger partial charge on any atom is 0.0397 e. The van der Waals surface area contributed by atoms with Crippen LogP contribution in [-0.4, -0.2) is 0 Å². The minimum absolute atomic E-state index is 0.455. The summed E-state index contributed by atoms with van der Waals surface area (Å²) < 4.78 is 0. The van der Waals surface area contributed by atoms with Gasteiger partial charge in [-0.05, 0) is 18.4 Å². The zero-order valence-electron chi connectivity index (χ0n) is 7.39. The van der Waals surface area contributed by atoms with E-state index in [2.05, 4.69) is 20.4 Å². The Labute approximate surface area is 74.3 Å². The summed E-state index contributed by atoms with van der Waals surface area (Å²) in [5, 5.41) is 0.819. The van der Waals surface area contributed by atoms with Gasteiger partial charge in [-0.1, -0.05) is 50.3 Å². The molecule has 0 saturated carbocycles. The summed E-state index contributed by atoms with van der Waals surface area (Å²) >= 11 is 5.95. The van der Waals surface area contributed by atoms with Crippen LogP contribution in [0.15, 0.2) is 35.4 Å². The van der Waals surface area contributed by atoms with Gasteiger partial charge in [0.15, 0.2) is 0 Å². The third-order valence-corrected chi connectivity index (χ3v) is 1.89. The van der Waals surface area contributed by atoms with Gasteiger partial charge in [0.25, 0.3) is 0 Å². The van der Waals surface area contributed by atoms with Crippen molar-refractivity contribution in [3.63, 3.8) is 0 Å². The standard InChI is InChI=1S/C10H15Cl/c1-5-7-9(8(3)4)10(11)6-2/h5-8H,1H2,2-4H3/b9-7-,10-6+. The van der Waals surface area contributed by atoms with Gasteiger partial charge >= 0.3 is 0 Å². The van der Waals surface area contributed by atoms with Gasteiger partial charge in [0.05, 0.1) is 0 Å². The molecule has 0 fully saturated rings. The lowest BCUT2D eigenvalue weighted by atomic mass is 10.0. The van der Waals surface area contributed by atoms with Crippen molar-refractivity contribution in [3.05, 3.63) is 35.4 Å². The van der Waals surface area contributed by atoms with Crippen LogP contribution >= 0.6 is 11.6 Å². The first-order valence-corrected chi connectivity index (χ1v) is 4.16. The normalized spacial score (nSPS) is 13.9. The summed E-state index contributed by atoms with van der Waals surface area (Å²) in [6.45, 7) is 9.79. The van der Waals surface area contributed by atoms with Crippen LogP contribution in [0.4, 0.5) is 0 Å². The molecular formula is C10H15Cl. The average molecular weight is 171 g/mol. The second-order valence-corrected chi connectivity index (χ2v) is 3.06. The molecule has 0 aliphatic heterocycles. The minimum atomic E-state index is 0.455. The first-order chi connectivity index (χ1) is 5.13. The molecule has 11 heavy (non-hydrogen) atoms. The highest BCUT2D eigenvalue weighted by molar-refractivity contribution is 6.32. The third kappa shape index (κ3) is 3.43. The number of hydrogen-bond acceptors (Lipinski definition) is 0. The van der Waals surface area contributed by atoms with Crippen LogP contribution in [0.1, 0.15) is 20.8 Å². The van der Waals surface area contributed by atoms with Gasteiger partial charge in [-0.25, -0.2) is 0 Å². The molecule has 0 aliphatic rings. The van der Waals surface area contributed by atoms with E-state index in [0.29, 0.717) is 5.92 Å². The van der Waals surface area contributed by atoms with Crippen LogP contribution in [0.5, 0.6) is 0 Å². The van der Waals surface area contributed by atoms with Crippen LogP contribution in [-0.2, 0) is 0 Å². The van der Waals surface area contributed by atoms with Crippen molar-refractivity contribution in [2.45, 2.75) is 20.8 Å². The van der Waals surface area contributed by atoms with Crippen LogP contribution in [0.2, 0.25) is 0 Å². The number of halogens is 1. The molecular weight excluding hydrogens is 156 g/mol. The number of hydrogen-bond donors (Lipinski definition) is 0. The summed E-state index contributed by atoms with van der Waals surface area (Å²) in [5.41, 5.74) is 1.14. The smallest absolute Gasteiger partial charge is 0.0397 e. The molecule has 0 saturated heterocycles. The Bertz CT molecular complexity index is 185. The fourth-order valence-corrected chi connectivity index (χ4v) is 1.12. The second kappa shape index (κ2) is 5.20. The first kappa shape index (κ1) is 10.5. The second-order valence-electron chi connectivity index (χ2n) is 2.65. The lowest BCUT2D eigenvalue weighted by Crippen LogP contribution is -1.93. The van der Waals surface area contributed by atoms with Crippen molar-refractivity contribution < 1.29 is 0 Å². The molecule has 0 bridgehead atoms. The molecule has 0 rings (SSSR count). The monoisotopic (exact) mass is 170 g/mol. The molecule has 0 amide bonds. The maximum absolute atomic E-state index is 5.95. The van der Waals surface area contributed by atoms with E-state index in [-0.39, 0.29) is 0 Å². The van der Waals surface area contributed by atoms with E-state index in [1.807, 2.05) is 19.1 Å². The van der Waals surface area contributed by atoms with E-state index in [1.165, 1.54) is 0 Å². The summed E-state index contributed by atoms with van der Waals surface area (Å²) in [6, 6.07) is 0. The first-order valence-electron chi connectivity index (χ1n) is 3.78. The van der Waals surface area contributed by atoms with Crippen LogP contribution < -0.4 is 0 Å². The number of allylic oxidation sites excluding steroid dienone is 5. The van der Waals surface area contributed by atoms with Gasteiger partial charge in [-0.15, -0.1) is 0 Å². The minimum Gasteiger partial charge on any atom is -0.0991 e. The summed E-state index contributed by atoms with van der Waals surface area (Å²) in [6.07, 6.45) is 5.62. The molecule has 0 aromatic heterocycles. The Morgan fingerprint density at radius 3 is 2.27 bits per heavy atom. The summed E-state index contributed by atoms with van der Waals surface area (Å²) in [7, 11) is 0. The topological polar surface area (TPSA) is 0 Å². The van der Waals surface area contributed by atoms with Gasteiger partial charge in [0, 0.05) is 5.03 Å². The highest BCUT2D eigenvalue weighted by Gasteiger charge is 2.04. The SMILES string of the molecule is C=C/C=C(\C(Cl)=C/C)C(C)C. The fourth-order valence-electron chi connectivity index (χ4n) is 0.841. The Balaban J connectivity index is 4.61. The molecule has 0 aromatic carbocycles. The summed E-state index contributed by atoms with van der Waals surface area (Å²) in [5.74, 6) is 0.455. The highest BCUT2D eigenvalue weighted by Crippen LogP contribution is 2.22. The van der Waals surface area contributed by atoms with Gasteiger partial charge in [0.2, 0.25) is 0 Å². The molecule has 0 unspecified atom stereocenters. The van der Waals surface area contributed by atoms with Gasteiger partial charge in [0.1, 0.15) is 0 Å². The molecule has 0 aliphatic carbocycles. The number of rotatable bonds is 3. The van der Waals surface area contributed by atoms with Crippen molar-refractivity contribution in [2.75, 3.05) is 0 Å². The Kier molecular flexibility index (Phi) is 4.97. The van der Waals surface area contributed by atoms with Crippen molar-refractivity contribution in [3.8, 4) is 0 Å². The van der Waals surface area contributed by atoms with Gasteiger partial charge in [-0.3, -0.25) is 0 Å². The molecule has 0 nitrogen and oxygen atoms in total. The van der Waals surface area contributed by atoms with E-state index in [9.17, 15) is 0 Å². The van der Waals surface area contributed by atoms with Crippen molar-refractivity contribution >= 4 is 11.6 Å². The summed E-state index contributed by atoms with van der Waals surface area (Å²) in [4.78, 5) is 0. The molecule has 0 spiro atoms. The average Bonchev–Trinajstić information content (AvgIpc) is 1.98. The van der Waals surface area contributed by atoms with Crippen LogP contribution in [0.3, 0.4) is 0 Å². The van der Waals surface area contributed by atoms with Crippen molar-refractivity contribution in [1.82, 2.24) is 0 Å². The van der Waals surface area contributed by atoms with Crippen molar-refractivity contribution in [1.29, 1.82) is 0 Å². The Morgan fingerprint density at radius 2 is 2.00 bits per heavy atom. The molecule has 1 heteroatoms. The van der Waals surface area contributed by atoms with E-state index in [0.717, 1.165) is 10.6 Å². The molecule has 0 radical (unpaired) electrons. The molecule has 0 heterocycles. The van der Waals surface area contributed by atoms with Gasteiger partial charge in [-0.2, -0.15) is 0 Å². The molecule has 62 valence electrons. The third-order valence-electron chi connectivity index (χ3n) is 1.45. The predicted molar refractivity (Wildman–Crippen MR) is 52.7 cm³/mol. The maximum atomic E-state index is 5.95. The molecule has 0 atom stereocenters. The molecule has 0 aromatic rings. The Hall–Kier alpha value is -0.490. The lowest BCUT2D eigenvalue weighted by Gasteiger charge is -2.08. The zero-order chi connectivity index (χ0) is 8.85. The largest absolute Gasteiger partial charge is 0.0991 e. The Morgan fingerprint density at radius 1 is 1.45 bits per heavy atom. The lowest BCUT2D eigenvalue weighted by molar-refractivity contribution is 0.787. The van der Waals surface area contributed by atoms with Crippen molar-refractivity contribution in [2.24, 2.45) is 5.92 Å². The van der Waals surface area contributed by atoms with Crippen LogP contribution in [0, 0.1) is 5.92 Å². The van der Waals surface area contributed by atoms with Gasteiger partial charge < -0.3 is 0 Å². The van der Waals surface area contributed by atoms with E-state index in [4.69, 9.17) is 11.6 Å². The van der Waals surface area contributed by atoms with E-state index in [1.54, 1.807) is 6.08 Å². The predicted octanol–water partition coefficient (Wildman–Crippen LogP) is 3.90. The molecule has 0 N–H and O–H groups in total. The van der Waals surface area contributed by atoms with Crippen LogP contribution in [0.25, 0.3) is 0 Å². The van der Waals surface area contributed by atoms with E-state index >= 15 is 0 Å². The zero-order valence-corrected chi connectivity index (χ0v) is 8.15. The fraction of sp³-hybridized carbons (Fsp3) is 0.400. The van der Waals surface area contributed by atoms with E-state index < -0.39 is 0 Å². The highest BCUT2D eigenvalue weighted by atomic mass is 35.5.